The standard InChI is InChI=1S/C11H12N4/c12-9-7-10(13)15-11(14-9)6-8-4-2-1-3-5-8/h1-5,7H,6H2,(H4,12,13,14,15). The third-order valence-electron chi connectivity index (χ3n) is 2.02. The second-order valence-electron chi connectivity index (χ2n) is 3.30. The lowest BCUT2D eigenvalue weighted by atomic mass is 10.1. The number of nitrogen functional groups attached to an aromatic ring is 2. The number of anilines is 2. The van der Waals surface area contributed by atoms with Crippen LogP contribution in [0.3, 0.4) is 0 Å². The van der Waals surface area contributed by atoms with Crippen molar-refractivity contribution in [1.82, 2.24) is 9.97 Å². The second-order valence-corrected chi connectivity index (χ2v) is 3.30. The monoisotopic (exact) mass is 200 g/mol. The molecule has 0 amide bonds. The summed E-state index contributed by atoms with van der Waals surface area (Å²) in [7, 11) is 0. The summed E-state index contributed by atoms with van der Waals surface area (Å²) in [6, 6.07) is 11.5. The zero-order valence-corrected chi connectivity index (χ0v) is 8.22. The fourth-order valence-corrected chi connectivity index (χ4v) is 1.40. The van der Waals surface area contributed by atoms with Crippen molar-refractivity contribution in [2.75, 3.05) is 11.5 Å². The third-order valence-corrected chi connectivity index (χ3v) is 2.02. The molecular formula is C11H12N4. The summed E-state index contributed by atoms with van der Waals surface area (Å²) in [6.07, 6.45) is 0.649. The first-order valence-electron chi connectivity index (χ1n) is 4.67. The van der Waals surface area contributed by atoms with Crippen molar-refractivity contribution in [2.45, 2.75) is 6.42 Å². The lowest BCUT2D eigenvalue weighted by molar-refractivity contribution is 0.980. The molecule has 2 aromatic rings. The van der Waals surface area contributed by atoms with Gasteiger partial charge in [0.2, 0.25) is 0 Å². The summed E-state index contributed by atoms with van der Waals surface area (Å²) in [5.41, 5.74) is 12.3. The minimum absolute atomic E-state index is 0.411. The van der Waals surface area contributed by atoms with Crippen molar-refractivity contribution in [3.05, 3.63) is 47.8 Å². The largest absolute Gasteiger partial charge is 0.384 e. The number of hydrogen-bond acceptors (Lipinski definition) is 4. The van der Waals surface area contributed by atoms with Crippen LogP contribution >= 0.6 is 0 Å². The first-order valence-corrected chi connectivity index (χ1v) is 4.67. The summed E-state index contributed by atoms with van der Waals surface area (Å²) in [5, 5.41) is 0. The molecule has 2 rings (SSSR count). The van der Waals surface area contributed by atoms with Crippen LogP contribution in [-0.2, 0) is 6.42 Å². The SMILES string of the molecule is Nc1cc(N)nc(Cc2ccccc2)n1. The first kappa shape index (κ1) is 9.45. The van der Waals surface area contributed by atoms with E-state index in [4.69, 9.17) is 11.5 Å². The van der Waals surface area contributed by atoms with Gasteiger partial charge < -0.3 is 11.5 Å². The van der Waals surface area contributed by atoms with Gasteiger partial charge in [-0.25, -0.2) is 9.97 Å². The smallest absolute Gasteiger partial charge is 0.137 e. The summed E-state index contributed by atoms with van der Waals surface area (Å²) >= 11 is 0. The Bertz CT molecular complexity index is 433. The molecule has 4 N–H and O–H groups in total. The van der Waals surface area contributed by atoms with E-state index in [2.05, 4.69) is 9.97 Å². The van der Waals surface area contributed by atoms with Gasteiger partial charge in [0.25, 0.3) is 0 Å². The molecule has 0 bridgehead atoms. The second kappa shape index (κ2) is 3.96. The fourth-order valence-electron chi connectivity index (χ4n) is 1.40. The molecule has 4 nitrogen and oxygen atoms in total. The van der Waals surface area contributed by atoms with Crippen LogP contribution in [0.1, 0.15) is 11.4 Å². The van der Waals surface area contributed by atoms with Gasteiger partial charge in [-0.3, -0.25) is 0 Å². The summed E-state index contributed by atoms with van der Waals surface area (Å²) in [5.74, 6) is 1.47. The highest BCUT2D eigenvalue weighted by Crippen LogP contribution is 2.09. The number of aromatic nitrogens is 2. The Labute approximate surface area is 88.0 Å². The number of nitrogens with two attached hydrogens (primary N) is 2. The molecule has 0 spiro atoms. The Hall–Kier alpha value is -2.10. The van der Waals surface area contributed by atoms with Gasteiger partial charge >= 0.3 is 0 Å². The highest BCUT2D eigenvalue weighted by Gasteiger charge is 2.01. The number of hydrogen-bond donors (Lipinski definition) is 2. The average Bonchev–Trinajstić information content (AvgIpc) is 2.17. The molecule has 0 atom stereocenters. The lowest BCUT2D eigenvalue weighted by Gasteiger charge is -2.02. The molecule has 0 saturated heterocycles. The predicted octanol–water partition coefficient (Wildman–Crippen LogP) is 1.23. The quantitative estimate of drug-likeness (QED) is 0.764. The van der Waals surface area contributed by atoms with E-state index in [-0.39, 0.29) is 0 Å². The van der Waals surface area contributed by atoms with Crippen LogP contribution in [-0.4, -0.2) is 9.97 Å². The van der Waals surface area contributed by atoms with Gasteiger partial charge in [0.15, 0.2) is 0 Å². The Morgan fingerprint density at radius 1 is 0.933 bits per heavy atom. The molecular weight excluding hydrogens is 188 g/mol. The summed E-state index contributed by atoms with van der Waals surface area (Å²) in [4.78, 5) is 8.23. The molecule has 1 heterocycles. The Morgan fingerprint density at radius 3 is 2.13 bits per heavy atom. The van der Waals surface area contributed by atoms with Crippen molar-refractivity contribution >= 4 is 11.6 Å². The maximum atomic E-state index is 5.58. The Morgan fingerprint density at radius 2 is 1.53 bits per heavy atom. The number of benzene rings is 1. The van der Waals surface area contributed by atoms with E-state index < -0.39 is 0 Å². The fraction of sp³-hybridized carbons (Fsp3) is 0.0909. The van der Waals surface area contributed by atoms with Gasteiger partial charge in [0.05, 0.1) is 0 Å². The lowest BCUT2D eigenvalue weighted by Crippen LogP contribution is -2.03. The molecule has 0 fully saturated rings. The van der Waals surface area contributed by atoms with Gasteiger partial charge in [0.1, 0.15) is 17.5 Å². The van der Waals surface area contributed by atoms with Crippen LogP contribution < -0.4 is 11.5 Å². The molecule has 15 heavy (non-hydrogen) atoms. The molecule has 0 aliphatic carbocycles. The van der Waals surface area contributed by atoms with Gasteiger partial charge in [-0.05, 0) is 5.56 Å². The van der Waals surface area contributed by atoms with Crippen LogP contribution in [0.4, 0.5) is 11.6 Å². The van der Waals surface area contributed by atoms with Crippen molar-refractivity contribution in [3.8, 4) is 0 Å². The summed E-state index contributed by atoms with van der Waals surface area (Å²) < 4.78 is 0. The van der Waals surface area contributed by atoms with Crippen LogP contribution in [0, 0.1) is 0 Å². The topological polar surface area (TPSA) is 77.8 Å². The van der Waals surface area contributed by atoms with E-state index in [1.54, 1.807) is 6.07 Å². The van der Waals surface area contributed by atoms with Crippen LogP contribution in [0.25, 0.3) is 0 Å². The first-order chi connectivity index (χ1) is 7.24. The minimum Gasteiger partial charge on any atom is -0.384 e. The van der Waals surface area contributed by atoms with E-state index in [0.29, 0.717) is 23.9 Å². The van der Waals surface area contributed by atoms with E-state index in [1.807, 2.05) is 30.3 Å². The van der Waals surface area contributed by atoms with Gasteiger partial charge in [-0.1, -0.05) is 30.3 Å². The van der Waals surface area contributed by atoms with E-state index >= 15 is 0 Å². The van der Waals surface area contributed by atoms with Crippen LogP contribution in [0.5, 0.6) is 0 Å². The van der Waals surface area contributed by atoms with Gasteiger partial charge in [-0.2, -0.15) is 0 Å². The maximum absolute atomic E-state index is 5.58. The molecule has 76 valence electrons. The number of rotatable bonds is 2. The van der Waals surface area contributed by atoms with E-state index in [0.717, 1.165) is 5.56 Å². The van der Waals surface area contributed by atoms with Crippen molar-refractivity contribution in [1.29, 1.82) is 0 Å². The normalized spacial score (nSPS) is 10.1. The van der Waals surface area contributed by atoms with E-state index in [1.165, 1.54) is 0 Å². The molecule has 0 unspecified atom stereocenters. The highest BCUT2D eigenvalue weighted by molar-refractivity contribution is 5.41. The number of nitrogens with zero attached hydrogens (tertiary/aromatic N) is 2. The zero-order chi connectivity index (χ0) is 10.7. The van der Waals surface area contributed by atoms with Crippen molar-refractivity contribution in [2.24, 2.45) is 0 Å². The zero-order valence-electron chi connectivity index (χ0n) is 8.22. The molecule has 4 heteroatoms. The average molecular weight is 200 g/mol. The van der Waals surface area contributed by atoms with Crippen LogP contribution in [0.15, 0.2) is 36.4 Å². The Balaban J connectivity index is 2.25. The van der Waals surface area contributed by atoms with Crippen LogP contribution in [0.2, 0.25) is 0 Å². The van der Waals surface area contributed by atoms with Gasteiger partial charge in [-0.15, -0.1) is 0 Å². The molecule has 0 radical (unpaired) electrons. The van der Waals surface area contributed by atoms with Crippen molar-refractivity contribution in [3.63, 3.8) is 0 Å². The van der Waals surface area contributed by atoms with E-state index in [9.17, 15) is 0 Å². The van der Waals surface area contributed by atoms with Crippen molar-refractivity contribution < 1.29 is 0 Å². The molecule has 1 aromatic heterocycles. The van der Waals surface area contributed by atoms with Gasteiger partial charge in [0, 0.05) is 12.5 Å². The maximum Gasteiger partial charge on any atom is 0.137 e. The summed E-state index contributed by atoms with van der Waals surface area (Å²) in [6.45, 7) is 0. The Kier molecular flexibility index (Phi) is 2.49. The highest BCUT2D eigenvalue weighted by atomic mass is 15.0. The molecule has 0 aliphatic heterocycles. The molecule has 0 saturated carbocycles. The third kappa shape index (κ3) is 2.43. The molecule has 0 aliphatic rings. The predicted molar refractivity (Wildman–Crippen MR) is 60.1 cm³/mol. The minimum atomic E-state index is 0.411. The molecule has 1 aromatic carbocycles.